The molecule has 3 rings (SSSR count). The van der Waals surface area contributed by atoms with Crippen molar-refractivity contribution >= 4 is 5.78 Å². The van der Waals surface area contributed by atoms with Gasteiger partial charge in [-0.15, -0.1) is 0 Å². The van der Waals surface area contributed by atoms with Gasteiger partial charge in [0.1, 0.15) is 6.10 Å². The number of carbonyl (C=O) groups is 1. The summed E-state index contributed by atoms with van der Waals surface area (Å²) in [5.41, 5.74) is -1.42. The van der Waals surface area contributed by atoms with Crippen molar-refractivity contribution in [2.75, 3.05) is 6.61 Å². The minimum absolute atomic E-state index is 0.0935. The molecule has 0 bridgehead atoms. The van der Waals surface area contributed by atoms with Crippen LogP contribution in [0.1, 0.15) is 52.0 Å². The van der Waals surface area contributed by atoms with Crippen LogP contribution in [0.2, 0.25) is 0 Å². The van der Waals surface area contributed by atoms with E-state index >= 15 is 0 Å². The van der Waals surface area contributed by atoms with Gasteiger partial charge in [0.25, 0.3) is 0 Å². The summed E-state index contributed by atoms with van der Waals surface area (Å²) in [5, 5.41) is 32.5. The molecule has 0 aliphatic heterocycles. The van der Waals surface area contributed by atoms with Gasteiger partial charge < -0.3 is 19.7 Å². The zero-order valence-corrected chi connectivity index (χ0v) is 15.4. The number of furan rings is 1. The third kappa shape index (κ3) is 2.59. The Morgan fingerprint density at radius 3 is 2.64 bits per heavy atom. The topological polar surface area (TPSA) is 90.9 Å². The lowest BCUT2D eigenvalue weighted by Crippen LogP contribution is -2.70. The fraction of sp³-hybridized carbons (Fsp3) is 0.750. The number of hydrogen-bond donors (Lipinski definition) is 3. The Morgan fingerprint density at radius 2 is 2.04 bits per heavy atom. The van der Waals surface area contributed by atoms with Crippen molar-refractivity contribution in [1.29, 1.82) is 0 Å². The van der Waals surface area contributed by atoms with E-state index in [1.165, 1.54) is 0 Å². The zero-order valence-electron chi connectivity index (χ0n) is 15.4. The Kier molecular flexibility index (Phi) is 4.63. The first-order valence-corrected chi connectivity index (χ1v) is 9.26. The van der Waals surface area contributed by atoms with E-state index < -0.39 is 34.4 Å². The summed E-state index contributed by atoms with van der Waals surface area (Å²) in [6, 6.07) is 1.87. The van der Waals surface area contributed by atoms with Crippen molar-refractivity contribution < 1.29 is 24.5 Å². The number of aliphatic hydroxyl groups excluding tert-OH is 2. The molecule has 0 saturated heterocycles. The van der Waals surface area contributed by atoms with Gasteiger partial charge in [0.05, 0.1) is 18.1 Å². The Hall–Kier alpha value is -1.17. The van der Waals surface area contributed by atoms with Gasteiger partial charge in [-0.3, -0.25) is 4.79 Å². The monoisotopic (exact) mass is 350 g/mol. The van der Waals surface area contributed by atoms with Crippen LogP contribution in [-0.4, -0.2) is 39.4 Å². The predicted octanol–water partition coefficient (Wildman–Crippen LogP) is 2.33. The molecule has 2 saturated carbocycles. The Balaban J connectivity index is 2.01. The van der Waals surface area contributed by atoms with E-state index in [9.17, 15) is 20.1 Å². The van der Waals surface area contributed by atoms with Crippen LogP contribution in [0.4, 0.5) is 0 Å². The SMILES string of the molecule is C[C@@H]1C(=O)[C@@H](O)[C@H]2[C@](C)(CO)CCC[C@]2(C)[C@@]1(O)CCc1ccoc1. The van der Waals surface area contributed by atoms with Crippen LogP contribution in [0.15, 0.2) is 23.0 Å². The Labute approximate surface area is 149 Å². The highest BCUT2D eigenvalue weighted by molar-refractivity contribution is 5.88. The summed E-state index contributed by atoms with van der Waals surface area (Å²) in [7, 11) is 0. The fourth-order valence-corrected chi connectivity index (χ4v) is 5.75. The summed E-state index contributed by atoms with van der Waals surface area (Å²) >= 11 is 0. The minimum atomic E-state index is -1.22. The lowest BCUT2D eigenvalue weighted by molar-refractivity contribution is -0.239. The number of Topliss-reactive ketones (excluding diaryl/α,β-unsaturated/α-hetero) is 1. The smallest absolute Gasteiger partial charge is 0.167 e. The molecule has 5 nitrogen and oxygen atoms in total. The molecule has 2 fully saturated rings. The van der Waals surface area contributed by atoms with Crippen LogP contribution < -0.4 is 0 Å². The minimum Gasteiger partial charge on any atom is -0.472 e. The maximum atomic E-state index is 12.8. The van der Waals surface area contributed by atoms with E-state index in [-0.39, 0.29) is 12.4 Å². The molecule has 0 amide bonds. The molecule has 0 spiro atoms. The summed E-state index contributed by atoms with van der Waals surface area (Å²) in [6.07, 6.45) is 5.53. The van der Waals surface area contributed by atoms with Gasteiger partial charge in [-0.25, -0.2) is 0 Å². The maximum Gasteiger partial charge on any atom is 0.167 e. The second-order valence-corrected chi connectivity index (χ2v) is 8.69. The molecule has 0 unspecified atom stereocenters. The van der Waals surface area contributed by atoms with Crippen LogP contribution in [0.25, 0.3) is 0 Å². The van der Waals surface area contributed by atoms with E-state index in [4.69, 9.17) is 4.42 Å². The van der Waals surface area contributed by atoms with Gasteiger partial charge in [-0.05, 0) is 42.7 Å². The lowest BCUT2D eigenvalue weighted by Gasteiger charge is -2.63. The van der Waals surface area contributed by atoms with Crippen LogP contribution in [-0.2, 0) is 11.2 Å². The van der Waals surface area contributed by atoms with E-state index in [1.54, 1.807) is 19.5 Å². The van der Waals surface area contributed by atoms with Crippen LogP contribution in [0, 0.1) is 22.7 Å². The number of hydrogen-bond acceptors (Lipinski definition) is 5. The second-order valence-electron chi connectivity index (χ2n) is 8.69. The van der Waals surface area contributed by atoms with Crippen molar-refractivity contribution in [2.24, 2.45) is 22.7 Å². The molecule has 140 valence electrons. The molecule has 6 atom stereocenters. The van der Waals surface area contributed by atoms with Crippen molar-refractivity contribution in [3.8, 4) is 0 Å². The van der Waals surface area contributed by atoms with Crippen LogP contribution >= 0.6 is 0 Å². The number of rotatable bonds is 4. The number of aryl methyl sites for hydroxylation is 1. The quantitative estimate of drug-likeness (QED) is 0.775. The second kappa shape index (κ2) is 6.22. The van der Waals surface area contributed by atoms with Crippen molar-refractivity contribution in [2.45, 2.75) is 64.6 Å². The number of carbonyl (C=O) groups excluding carboxylic acids is 1. The Bertz CT molecular complexity index is 626. The van der Waals surface area contributed by atoms with Gasteiger partial charge in [-0.1, -0.05) is 27.2 Å². The average molecular weight is 350 g/mol. The third-order valence-electron chi connectivity index (χ3n) is 7.36. The van der Waals surface area contributed by atoms with Gasteiger partial charge >= 0.3 is 0 Å². The van der Waals surface area contributed by atoms with Gasteiger partial charge in [0.15, 0.2) is 5.78 Å². The molecule has 1 aromatic rings. The summed E-state index contributed by atoms with van der Waals surface area (Å²) in [5.74, 6) is -1.40. The van der Waals surface area contributed by atoms with Gasteiger partial charge in [-0.2, -0.15) is 0 Å². The Morgan fingerprint density at radius 1 is 1.32 bits per heavy atom. The van der Waals surface area contributed by atoms with Gasteiger partial charge in [0, 0.05) is 23.9 Å². The predicted molar refractivity (Wildman–Crippen MR) is 92.8 cm³/mol. The molecule has 25 heavy (non-hydrogen) atoms. The van der Waals surface area contributed by atoms with Crippen molar-refractivity contribution in [3.63, 3.8) is 0 Å². The van der Waals surface area contributed by atoms with Crippen molar-refractivity contribution in [3.05, 3.63) is 24.2 Å². The zero-order chi connectivity index (χ0) is 18.5. The molecule has 2 aliphatic rings. The van der Waals surface area contributed by atoms with E-state index in [0.717, 1.165) is 24.8 Å². The number of aliphatic hydroxyl groups is 3. The number of fused-ring (bicyclic) bond motifs is 1. The average Bonchev–Trinajstić information content (AvgIpc) is 3.10. The highest BCUT2D eigenvalue weighted by Gasteiger charge is 2.67. The number of ketones is 1. The van der Waals surface area contributed by atoms with E-state index in [2.05, 4.69) is 0 Å². The molecule has 3 N–H and O–H groups in total. The van der Waals surface area contributed by atoms with E-state index in [1.807, 2.05) is 19.9 Å². The molecular weight excluding hydrogens is 320 g/mol. The highest BCUT2D eigenvalue weighted by Crippen LogP contribution is 2.62. The fourth-order valence-electron chi connectivity index (χ4n) is 5.75. The molecular formula is C20H30O5. The van der Waals surface area contributed by atoms with Crippen molar-refractivity contribution in [1.82, 2.24) is 0 Å². The first kappa shape index (κ1) is 18.6. The van der Waals surface area contributed by atoms with Gasteiger partial charge in [0.2, 0.25) is 0 Å². The highest BCUT2D eigenvalue weighted by atomic mass is 16.3. The van der Waals surface area contributed by atoms with Crippen LogP contribution in [0.3, 0.4) is 0 Å². The third-order valence-corrected chi connectivity index (χ3v) is 7.36. The molecule has 1 aromatic heterocycles. The lowest BCUT2D eigenvalue weighted by atomic mass is 9.43. The standard InChI is InChI=1S/C20H30O5/c1-13-15(22)16(23)17-18(2,12-21)7-4-8-19(17,3)20(13,24)9-5-14-6-10-25-11-14/h6,10-11,13,16-17,21,23-24H,4-5,7-9,12H2,1-3H3/t13-,16-,17+,18+,19+,20-/m1/s1. The summed E-state index contributed by atoms with van der Waals surface area (Å²) in [4.78, 5) is 12.8. The summed E-state index contributed by atoms with van der Waals surface area (Å²) in [6.45, 7) is 5.56. The van der Waals surface area contributed by atoms with E-state index in [0.29, 0.717) is 12.8 Å². The molecule has 0 aromatic carbocycles. The maximum absolute atomic E-state index is 12.8. The molecule has 2 aliphatic carbocycles. The first-order valence-electron chi connectivity index (χ1n) is 9.26. The molecule has 0 radical (unpaired) electrons. The largest absolute Gasteiger partial charge is 0.472 e. The van der Waals surface area contributed by atoms with Crippen LogP contribution in [0.5, 0.6) is 0 Å². The molecule has 1 heterocycles. The summed E-state index contributed by atoms with van der Waals surface area (Å²) < 4.78 is 5.11. The first-order chi connectivity index (χ1) is 11.7. The normalized spacial score (nSPS) is 44.6. The molecule has 5 heteroatoms.